The predicted molar refractivity (Wildman–Crippen MR) is 116 cm³/mol. The fourth-order valence-corrected chi connectivity index (χ4v) is 4.13. The summed E-state index contributed by atoms with van der Waals surface area (Å²) < 4.78 is 7.71. The van der Waals surface area contributed by atoms with Gasteiger partial charge in [-0.05, 0) is 36.1 Å². The van der Waals surface area contributed by atoms with E-state index in [9.17, 15) is 9.59 Å². The van der Waals surface area contributed by atoms with E-state index in [2.05, 4.69) is 4.99 Å². The van der Waals surface area contributed by atoms with Gasteiger partial charge in [-0.3, -0.25) is 4.79 Å². The van der Waals surface area contributed by atoms with E-state index in [1.807, 2.05) is 47.2 Å². The second-order valence-corrected chi connectivity index (χ2v) is 7.89. The average Bonchev–Trinajstić information content (AvgIpc) is 3.06. The molecule has 7 heteroatoms. The number of thioether (sulfide) groups is 1. The second kappa shape index (κ2) is 9.52. The van der Waals surface area contributed by atoms with Gasteiger partial charge in [-0.25, -0.2) is 4.79 Å². The molecule has 0 bridgehead atoms. The highest BCUT2D eigenvalue weighted by atomic mass is 32.2. The zero-order valence-electron chi connectivity index (χ0n) is 15.6. The Morgan fingerprint density at radius 1 is 1.21 bits per heavy atom. The third kappa shape index (κ3) is 4.79. The van der Waals surface area contributed by atoms with Crippen LogP contribution >= 0.6 is 23.1 Å². The summed E-state index contributed by atoms with van der Waals surface area (Å²) in [5.41, 5.74) is 2.38. The Morgan fingerprint density at radius 2 is 2.00 bits per heavy atom. The van der Waals surface area contributed by atoms with Gasteiger partial charge in [0.25, 0.3) is 5.91 Å². The lowest BCUT2D eigenvalue weighted by atomic mass is 10.2. The first-order valence-electron chi connectivity index (χ1n) is 8.65. The predicted octanol–water partition coefficient (Wildman–Crippen LogP) is 3.99. The Morgan fingerprint density at radius 3 is 2.71 bits per heavy atom. The van der Waals surface area contributed by atoms with Crippen molar-refractivity contribution < 1.29 is 14.3 Å². The largest absolute Gasteiger partial charge is 0.465 e. The number of ether oxygens (including phenoxy) is 1. The number of aromatic nitrogens is 1. The van der Waals surface area contributed by atoms with E-state index in [4.69, 9.17) is 4.74 Å². The van der Waals surface area contributed by atoms with Crippen molar-refractivity contribution in [2.24, 2.45) is 4.99 Å². The van der Waals surface area contributed by atoms with Crippen molar-refractivity contribution >= 4 is 51.3 Å². The fourth-order valence-electron chi connectivity index (χ4n) is 2.67. The highest BCUT2D eigenvalue weighted by molar-refractivity contribution is 7.98. The van der Waals surface area contributed by atoms with Gasteiger partial charge in [-0.15, -0.1) is 0 Å². The Balaban J connectivity index is 1.99. The Kier molecular flexibility index (Phi) is 6.84. The van der Waals surface area contributed by atoms with Gasteiger partial charge in [0.1, 0.15) is 0 Å². The average molecular weight is 413 g/mol. The number of methoxy groups -OCH3 is 1. The summed E-state index contributed by atoms with van der Waals surface area (Å²) in [6.07, 6.45) is 5.26. The van der Waals surface area contributed by atoms with Crippen LogP contribution in [0.2, 0.25) is 0 Å². The molecule has 0 atom stereocenters. The lowest BCUT2D eigenvalue weighted by molar-refractivity contribution is -0.113. The molecule has 2 aromatic carbocycles. The number of hydrogen-bond donors (Lipinski definition) is 0. The van der Waals surface area contributed by atoms with Crippen LogP contribution in [0.15, 0.2) is 59.6 Å². The highest BCUT2D eigenvalue weighted by Gasteiger charge is 2.11. The summed E-state index contributed by atoms with van der Waals surface area (Å²) in [4.78, 5) is 29.1. The van der Waals surface area contributed by atoms with E-state index in [0.717, 1.165) is 28.1 Å². The van der Waals surface area contributed by atoms with Gasteiger partial charge in [0.2, 0.25) is 0 Å². The van der Waals surface area contributed by atoms with Crippen molar-refractivity contribution in [3.63, 3.8) is 0 Å². The second-order valence-electron chi connectivity index (χ2n) is 5.90. The van der Waals surface area contributed by atoms with Crippen molar-refractivity contribution in [3.8, 4) is 0 Å². The lowest BCUT2D eigenvalue weighted by Crippen LogP contribution is -2.17. The molecule has 0 aliphatic heterocycles. The molecule has 0 fully saturated rings. The van der Waals surface area contributed by atoms with Crippen LogP contribution < -0.4 is 4.80 Å². The van der Waals surface area contributed by atoms with Gasteiger partial charge < -0.3 is 9.30 Å². The summed E-state index contributed by atoms with van der Waals surface area (Å²) in [6.45, 7) is 0.729. The van der Waals surface area contributed by atoms with E-state index in [1.54, 1.807) is 30.0 Å². The Bertz CT molecular complexity index is 1080. The third-order valence-corrected chi connectivity index (χ3v) is 5.68. The first-order chi connectivity index (χ1) is 13.6. The zero-order chi connectivity index (χ0) is 19.9. The number of rotatable bonds is 6. The number of hydrogen-bond acceptors (Lipinski definition) is 5. The summed E-state index contributed by atoms with van der Waals surface area (Å²) >= 11 is 3.12. The van der Waals surface area contributed by atoms with Crippen LogP contribution in [-0.2, 0) is 16.1 Å². The van der Waals surface area contributed by atoms with Crippen molar-refractivity contribution in [3.05, 3.63) is 70.5 Å². The molecule has 0 aliphatic rings. The number of aryl methyl sites for hydroxylation is 1. The van der Waals surface area contributed by atoms with Gasteiger partial charge in [0.05, 0.1) is 22.9 Å². The smallest absolute Gasteiger partial charge is 0.337 e. The van der Waals surface area contributed by atoms with Gasteiger partial charge >= 0.3 is 5.97 Å². The van der Waals surface area contributed by atoms with Crippen LogP contribution in [0, 0.1) is 0 Å². The first kappa shape index (κ1) is 20.1. The number of carbonyl (C=O) groups excluding carboxylic acids is 2. The maximum absolute atomic E-state index is 12.4. The first-order valence-corrected chi connectivity index (χ1v) is 10.9. The van der Waals surface area contributed by atoms with E-state index in [1.165, 1.54) is 24.5 Å². The number of esters is 1. The van der Waals surface area contributed by atoms with E-state index in [0.29, 0.717) is 10.4 Å². The minimum absolute atomic E-state index is 0.318. The molecule has 144 valence electrons. The molecule has 1 aromatic heterocycles. The molecule has 0 spiro atoms. The zero-order valence-corrected chi connectivity index (χ0v) is 17.3. The molecular formula is C21H20N2O3S2. The maximum atomic E-state index is 12.4. The quantitative estimate of drug-likeness (QED) is 0.454. The monoisotopic (exact) mass is 412 g/mol. The molecule has 0 radical (unpaired) electrons. The SMILES string of the molecule is COC(=O)c1ccc2c(c1)sc(=NC(=O)C=Cc1ccccc1)n2CCSC. The Hall–Kier alpha value is -2.64. The van der Waals surface area contributed by atoms with Crippen molar-refractivity contribution in [2.75, 3.05) is 19.1 Å². The van der Waals surface area contributed by atoms with Crippen molar-refractivity contribution in [1.29, 1.82) is 0 Å². The van der Waals surface area contributed by atoms with Crippen molar-refractivity contribution in [1.82, 2.24) is 4.57 Å². The highest BCUT2D eigenvalue weighted by Crippen LogP contribution is 2.20. The molecule has 0 unspecified atom stereocenters. The van der Waals surface area contributed by atoms with Crippen LogP contribution in [-0.4, -0.2) is 35.6 Å². The molecule has 1 heterocycles. The maximum Gasteiger partial charge on any atom is 0.337 e. The van der Waals surface area contributed by atoms with Gasteiger partial charge in [0.15, 0.2) is 4.80 Å². The van der Waals surface area contributed by atoms with Gasteiger partial charge in [-0.2, -0.15) is 16.8 Å². The molecule has 0 saturated heterocycles. The standard InChI is InChI=1S/C21H20N2O3S2/c1-26-20(25)16-9-10-17-18(14-16)28-21(23(17)12-13-27-2)22-19(24)11-8-15-6-4-3-5-7-15/h3-11,14H,12-13H2,1-2H3. The topological polar surface area (TPSA) is 60.7 Å². The Labute approximate surface area is 171 Å². The molecule has 5 nitrogen and oxygen atoms in total. The molecule has 3 aromatic rings. The minimum Gasteiger partial charge on any atom is -0.465 e. The number of benzene rings is 2. The van der Waals surface area contributed by atoms with Crippen LogP contribution in [0.1, 0.15) is 15.9 Å². The van der Waals surface area contributed by atoms with Crippen molar-refractivity contribution in [2.45, 2.75) is 6.54 Å². The molecular weight excluding hydrogens is 392 g/mol. The number of thiazole rings is 1. The van der Waals surface area contributed by atoms with Crippen LogP contribution in [0.25, 0.3) is 16.3 Å². The van der Waals surface area contributed by atoms with E-state index >= 15 is 0 Å². The molecule has 3 rings (SSSR count). The molecule has 28 heavy (non-hydrogen) atoms. The summed E-state index contributed by atoms with van der Waals surface area (Å²) in [7, 11) is 1.36. The molecule has 1 amide bonds. The van der Waals surface area contributed by atoms with E-state index in [-0.39, 0.29) is 11.9 Å². The molecule has 0 aliphatic carbocycles. The van der Waals surface area contributed by atoms with E-state index < -0.39 is 0 Å². The normalized spacial score (nSPS) is 12.0. The number of carbonyl (C=O) groups is 2. The lowest BCUT2D eigenvalue weighted by Gasteiger charge is -2.04. The minimum atomic E-state index is -0.383. The summed E-state index contributed by atoms with van der Waals surface area (Å²) in [6, 6.07) is 15.0. The third-order valence-electron chi connectivity index (χ3n) is 4.05. The fraction of sp³-hybridized carbons (Fsp3) is 0.190. The molecule has 0 N–H and O–H groups in total. The van der Waals surface area contributed by atoms with Crippen LogP contribution in [0.5, 0.6) is 0 Å². The molecule has 0 saturated carbocycles. The van der Waals surface area contributed by atoms with Crippen LogP contribution in [0.4, 0.5) is 0 Å². The number of amides is 1. The number of fused-ring (bicyclic) bond motifs is 1. The summed E-state index contributed by atoms with van der Waals surface area (Å²) in [5.74, 6) is 0.194. The van der Waals surface area contributed by atoms with Gasteiger partial charge in [0, 0.05) is 18.4 Å². The van der Waals surface area contributed by atoms with Crippen LogP contribution in [0.3, 0.4) is 0 Å². The summed E-state index contributed by atoms with van der Waals surface area (Å²) in [5, 5.41) is 0. The van der Waals surface area contributed by atoms with Gasteiger partial charge in [-0.1, -0.05) is 41.7 Å². The number of nitrogens with zero attached hydrogens (tertiary/aromatic N) is 2.